The van der Waals surface area contributed by atoms with Crippen LogP contribution in [-0.4, -0.2) is 19.6 Å². The molecule has 3 aromatic carbocycles. The minimum absolute atomic E-state index is 0.983. The third-order valence-corrected chi connectivity index (χ3v) is 5.38. The van der Waals surface area contributed by atoms with Crippen molar-refractivity contribution >= 4 is 0 Å². The third-order valence-electron chi connectivity index (χ3n) is 5.38. The van der Waals surface area contributed by atoms with Gasteiger partial charge in [0, 0.05) is 25.2 Å². The average molecular weight is 390 g/mol. The maximum absolute atomic E-state index is 4.69. The number of rotatable bonds is 4. The fourth-order valence-corrected chi connectivity index (χ4v) is 3.79. The highest BCUT2D eigenvalue weighted by molar-refractivity contribution is 5.73. The summed E-state index contributed by atoms with van der Waals surface area (Å²) in [6.07, 6.45) is 0. The Labute approximate surface area is 176 Å². The zero-order chi connectivity index (χ0) is 20.5. The van der Waals surface area contributed by atoms with Crippen molar-refractivity contribution in [2.75, 3.05) is 0 Å². The lowest BCUT2D eigenvalue weighted by Gasteiger charge is -2.05. The molecule has 2 heterocycles. The topological polar surface area (TPSA) is 35.6 Å². The van der Waals surface area contributed by atoms with Gasteiger partial charge < -0.3 is 0 Å². The van der Waals surface area contributed by atoms with Gasteiger partial charge in [-0.1, -0.05) is 84.9 Å². The summed E-state index contributed by atoms with van der Waals surface area (Å²) in [6.45, 7) is 0. The molecule has 4 nitrogen and oxygen atoms in total. The van der Waals surface area contributed by atoms with Crippen molar-refractivity contribution < 1.29 is 0 Å². The molecule has 0 amide bonds. The Morgan fingerprint density at radius 3 is 1.20 bits per heavy atom. The monoisotopic (exact) mass is 390 g/mol. The first-order chi connectivity index (χ1) is 14.7. The highest BCUT2D eigenvalue weighted by Gasteiger charge is 2.12. The molecular weight excluding hydrogens is 368 g/mol. The first kappa shape index (κ1) is 18.1. The standard InChI is InChI=1S/C26H22N4/c1-29-25(17-23(27-29)19-9-5-3-6-10-19)21-13-15-22(16-14-21)26-18-24(28-30(26)2)20-11-7-4-8-12-20/h3-18H,1-2H3. The summed E-state index contributed by atoms with van der Waals surface area (Å²) >= 11 is 0. The molecule has 0 aliphatic rings. The summed E-state index contributed by atoms with van der Waals surface area (Å²) in [4.78, 5) is 0. The van der Waals surface area contributed by atoms with Crippen molar-refractivity contribution in [3.8, 4) is 45.0 Å². The van der Waals surface area contributed by atoms with Crippen molar-refractivity contribution in [2.24, 2.45) is 14.1 Å². The van der Waals surface area contributed by atoms with E-state index in [-0.39, 0.29) is 0 Å². The van der Waals surface area contributed by atoms with Crippen LogP contribution < -0.4 is 0 Å². The molecule has 0 unspecified atom stereocenters. The second-order valence-corrected chi connectivity index (χ2v) is 7.39. The van der Waals surface area contributed by atoms with Gasteiger partial charge in [0.15, 0.2) is 0 Å². The molecule has 0 saturated carbocycles. The smallest absolute Gasteiger partial charge is 0.0929 e. The summed E-state index contributed by atoms with van der Waals surface area (Å²) < 4.78 is 3.88. The minimum Gasteiger partial charge on any atom is -0.267 e. The molecule has 0 fully saturated rings. The molecule has 5 aromatic rings. The fraction of sp³-hybridized carbons (Fsp3) is 0.0769. The van der Waals surface area contributed by atoms with Crippen LogP contribution in [0.15, 0.2) is 97.1 Å². The number of benzene rings is 3. The van der Waals surface area contributed by atoms with E-state index in [1.165, 1.54) is 0 Å². The molecule has 5 rings (SSSR count). The summed E-state index contributed by atoms with van der Waals surface area (Å²) in [5, 5.41) is 9.38. The summed E-state index contributed by atoms with van der Waals surface area (Å²) in [6, 6.07) is 33.4. The number of hydrogen-bond donors (Lipinski definition) is 0. The van der Waals surface area contributed by atoms with Crippen LogP contribution in [0.1, 0.15) is 0 Å². The Bertz CT molecular complexity index is 1180. The van der Waals surface area contributed by atoms with Gasteiger partial charge in [0.05, 0.1) is 22.8 Å². The maximum atomic E-state index is 4.69. The van der Waals surface area contributed by atoms with Crippen LogP contribution in [0.2, 0.25) is 0 Å². The summed E-state index contributed by atoms with van der Waals surface area (Å²) in [7, 11) is 3.98. The van der Waals surface area contributed by atoms with Crippen molar-refractivity contribution in [3.05, 3.63) is 97.1 Å². The van der Waals surface area contributed by atoms with Gasteiger partial charge in [-0.25, -0.2) is 0 Å². The minimum atomic E-state index is 0.983. The Hall–Kier alpha value is -3.92. The van der Waals surface area contributed by atoms with Gasteiger partial charge in [-0.05, 0) is 23.3 Å². The molecule has 0 N–H and O–H groups in total. The molecule has 2 aromatic heterocycles. The van der Waals surface area contributed by atoms with Gasteiger partial charge in [0.1, 0.15) is 0 Å². The summed E-state index contributed by atoms with van der Waals surface area (Å²) in [5.74, 6) is 0. The number of aryl methyl sites for hydroxylation is 2. The van der Waals surface area contributed by atoms with E-state index in [0.29, 0.717) is 0 Å². The van der Waals surface area contributed by atoms with Crippen LogP contribution in [0.4, 0.5) is 0 Å². The van der Waals surface area contributed by atoms with Crippen LogP contribution in [-0.2, 0) is 14.1 Å². The average Bonchev–Trinajstić information content (AvgIpc) is 3.38. The maximum Gasteiger partial charge on any atom is 0.0929 e. The van der Waals surface area contributed by atoms with Crippen LogP contribution in [0, 0.1) is 0 Å². The van der Waals surface area contributed by atoms with Crippen molar-refractivity contribution in [2.45, 2.75) is 0 Å². The quantitative estimate of drug-likeness (QED) is 0.387. The number of nitrogens with zero attached hydrogens (tertiary/aromatic N) is 4. The highest BCUT2D eigenvalue weighted by atomic mass is 15.3. The van der Waals surface area contributed by atoms with Crippen LogP contribution in [0.3, 0.4) is 0 Å². The predicted octanol–water partition coefficient (Wildman–Crippen LogP) is 5.82. The first-order valence-corrected chi connectivity index (χ1v) is 9.99. The van der Waals surface area contributed by atoms with Crippen molar-refractivity contribution in [3.63, 3.8) is 0 Å². The third kappa shape index (κ3) is 3.33. The lowest BCUT2D eigenvalue weighted by Crippen LogP contribution is -1.95. The Kier molecular flexibility index (Phi) is 4.52. The van der Waals surface area contributed by atoms with E-state index in [0.717, 1.165) is 45.0 Å². The highest BCUT2D eigenvalue weighted by Crippen LogP contribution is 2.29. The van der Waals surface area contributed by atoms with E-state index >= 15 is 0 Å². The largest absolute Gasteiger partial charge is 0.267 e. The summed E-state index contributed by atoms with van der Waals surface area (Å²) in [5.41, 5.74) is 8.68. The molecule has 0 spiro atoms. The zero-order valence-corrected chi connectivity index (χ0v) is 17.0. The molecule has 146 valence electrons. The van der Waals surface area contributed by atoms with E-state index in [9.17, 15) is 0 Å². The van der Waals surface area contributed by atoms with Gasteiger partial charge in [-0.15, -0.1) is 0 Å². The molecule has 0 saturated heterocycles. The Morgan fingerprint density at radius 2 is 0.833 bits per heavy atom. The predicted molar refractivity (Wildman–Crippen MR) is 122 cm³/mol. The number of aromatic nitrogens is 4. The Morgan fingerprint density at radius 1 is 0.467 bits per heavy atom. The van der Waals surface area contributed by atoms with Crippen LogP contribution in [0.5, 0.6) is 0 Å². The Balaban J connectivity index is 1.46. The van der Waals surface area contributed by atoms with Crippen molar-refractivity contribution in [1.82, 2.24) is 19.6 Å². The lowest BCUT2D eigenvalue weighted by molar-refractivity contribution is 0.778. The van der Waals surface area contributed by atoms with E-state index in [1.807, 2.05) is 59.9 Å². The zero-order valence-electron chi connectivity index (χ0n) is 17.0. The molecular formula is C26H22N4. The van der Waals surface area contributed by atoms with Gasteiger partial charge >= 0.3 is 0 Å². The molecule has 0 aliphatic heterocycles. The van der Waals surface area contributed by atoms with E-state index in [1.54, 1.807) is 0 Å². The van der Waals surface area contributed by atoms with E-state index in [2.05, 4.69) is 60.7 Å². The van der Waals surface area contributed by atoms with Gasteiger partial charge in [0.25, 0.3) is 0 Å². The molecule has 4 heteroatoms. The first-order valence-electron chi connectivity index (χ1n) is 9.99. The number of hydrogen-bond acceptors (Lipinski definition) is 2. The SMILES string of the molecule is Cn1nc(-c2ccccc2)cc1-c1ccc(-c2cc(-c3ccccc3)nn2C)cc1. The molecule has 0 radical (unpaired) electrons. The molecule has 30 heavy (non-hydrogen) atoms. The van der Waals surface area contributed by atoms with E-state index < -0.39 is 0 Å². The normalized spacial score (nSPS) is 11.0. The van der Waals surface area contributed by atoms with Gasteiger partial charge in [0.2, 0.25) is 0 Å². The van der Waals surface area contributed by atoms with Gasteiger partial charge in [-0.3, -0.25) is 9.36 Å². The molecule has 0 aliphatic carbocycles. The lowest BCUT2D eigenvalue weighted by atomic mass is 10.0. The molecule has 0 bridgehead atoms. The second kappa shape index (κ2) is 7.48. The van der Waals surface area contributed by atoms with Crippen LogP contribution >= 0.6 is 0 Å². The molecule has 0 atom stereocenters. The van der Waals surface area contributed by atoms with E-state index in [4.69, 9.17) is 10.2 Å². The second-order valence-electron chi connectivity index (χ2n) is 7.39. The van der Waals surface area contributed by atoms with Crippen molar-refractivity contribution in [1.29, 1.82) is 0 Å². The van der Waals surface area contributed by atoms with Gasteiger partial charge in [-0.2, -0.15) is 10.2 Å². The fourth-order valence-electron chi connectivity index (χ4n) is 3.79. The van der Waals surface area contributed by atoms with Crippen LogP contribution in [0.25, 0.3) is 45.0 Å².